The number of carbonyl (C=O) groups is 1. The van der Waals surface area contributed by atoms with E-state index in [2.05, 4.69) is 15.4 Å². The summed E-state index contributed by atoms with van der Waals surface area (Å²) in [5.74, 6) is -0.659. The van der Waals surface area contributed by atoms with Gasteiger partial charge in [0.05, 0.1) is 0 Å². The zero-order chi connectivity index (χ0) is 18.1. The number of aromatic nitrogens is 3. The maximum Gasteiger partial charge on any atom is 0.280 e. The molecule has 0 spiro atoms. The van der Waals surface area contributed by atoms with Crippen LogP contribution < -0.4 is 5.32 Å². The van der Waals surface area contributed by atoms with Gasteiger partial charge in [0.1, 0.15) is 11.4 Å². The molecule has 1 aromatic carbocycles. The van der Waals surface area contributed by atoms with Crippen molar-refractivity contribution >= 4 is 17.2 Å². The molecule has 3 aromatic rings. The maximum absolute atomic E-state index is 13.1. The van der Waals surface area contributed by atoms with Crippen molar-refractivity contribution in [2.75, 3.05) is 5.32 Å². The molecule has 0 saturated carbocycles. The number of amides is 1. The Morgan fingerprint density at radius 1 is 1.08 bits per heavy atom. The van der Waals surface area contributed by atoms with Crippen LogP contribution in [0.2, 0.25) is 0 Å². The first-order valence-corrected chi connectivity index (χ1v) is 7.20. The number of fused-ring (bicyclic) bond motifs is 1. The van der Waals surface area contributed by atoms with Gasteiger partial charge in [-0.3, -0.25) is 4.79 Å². The minimum atomic E-state index is -3.05. The number of hydrogen-bond donors (Lipinski definition) is 1. The van der Waals surface area contributed by atoms with Crippen LogP contribution in [0.1, 0.15) is 40.3 Å². The first-order chi connectivity index (χ1) is 11.8. The zero-order valence-electron chi connectivity index (χ0n) is 12.9. The predicted molar refractivity (Wildman–Crippen MR) is 82.0 cm³/mol. The Labute approximate surface area is 139 Å². The van der Waals surface area contributed by atoms with Crippen LogP contribution in [-0.2, 0) is 0 Å². The molecule has 130 valence electrons. The lowest BCUT2D eigenvalue weighted by atomic mass is 10.2. The maximum atomic E-state index is 13.1. The Kier molecular flexibility index (Phi) is 4.39. The number of anilines is 1. The van der Waals surface area contributed by atoms with Crippen molar-refractivity contribution < 1.29 is 22.4 Å². The summed E-state index contributed by atoms with van der Waals surface area (Å²) in [6, 6.07) is 8.56. The van der Waals surface area contributed by atoms with E-state index in [1.54, 1.807) is 24.3 Å². The molecule has 0 aliphatic heterocycles. The Morgan fingerprint density at radius 2 is 1.76 bits per heavy atom. The molecule has 0 aliphatic rings. The van der Waals surface area contributed by atoms with Crippen molar-refractivity contribution in [3.63, 3.8) is 0 Å². The third-order valence-corrected chi connectivity index (χ3v) is 3.46. The van der Waals surface area contributed by atoms with E-state index >= 15 is 0 Å². The molecular weight excluding hydrogens is 340 g/mol. The van der Waals surface area contributed by atoms with Crippen LogP contribution in [0.5, 0.6) is 0 Å². The standard InChI is InChI=1S/C16H12F4N4O/c1-8-2-4-9(5-3-8)21-16(25)11-7-13-22-10(14(17)18)6-12(15(19)20)24(13)23-11/h2-7,14-15H,1H3,(H,21,25). The summed E-state index contributed by atoms with van der Waals surface area (Å²) in [6.45, 7) is 1.88. The van der Waals surface area contributed by atoms with Gasteiger partial charge in [-0.25, -0.2) is 27.1 Å². The number of aryl methyl sites for hydroxylation is 1. The molecule has 1 amide bonds. The van der Waals surface area contributed by atoms with Gasteiger partial charge in [0.15, 0.2) is 11.3 Å². The van der Waals surface area contributed by atoms with E-state index in [1.165, 1.54) is 0 Å². The highest BCUT2D eigenvalue weighted by atomic mass is 19.3. The summed E-state index contributed by atoms with van der Waals surface area (Å²) >= 11 is 0. The Balaban J connectivity index is 1.98. The fraction of sp³-hybridized carbons (Fsp3) is 0.188. The molecule has 2 heterocycles. The molecule has 0 fully saturated rings. The molecule has 9 heteroatoms. The molecule has 3 rings (SSSR count). The number of nitrogens with zero attached hydrogens (tertiary/aromatic N) is 3. The first-order valence-electron chi connectivity index (χ1n) is 7.20. The summed E-state index contributed by atoms with van der Waals surface area (Å²) in [5, 5.41) is 6.32. The molecule has 0 bridgehead atoms. The fourth-order valence-corrected chi connectivity index (χ4v) is 2.23. The second kappa shape index (κ2) is 6.50. The van der Waals surface area contributed by atoms with Crippen LogP contribution in [0, 0.1) is 6.92 Å². The average molecular weight is 352 g/mol. The largest absolute Gasteiger partial charge is 0.321 e. The summed E-state index contributed by atoms with van der Waals surface area (Å²) in [5.41, 5.74) is -0.523. The number of nitrogens with one attached hydrogen (secondary N) is 1. The zero-order valence-corrected chi connectivity index (χ0v) is 12.9. The monoisotopic (exact) mass is 352 g/mol. The van der Waals surface area contributed by atoms with Crippen LogP contribution in [0.3, 0.4) is 0 Å². The van der Waals surface area contributed by atoms with Gasteiger partial charge in [0.2, 0.25) is 0 Å². The number of benzene rings is 1. The molecule has 5 nitrogen and oxygen atoms in total. The fourth-order valence-electron chi connectivity index (χ4n) is 2.23. The van der Waals surface area contributed by atoms with Crippen molar-refractivity contribution in [2.45, 2.75) is 19.8 Å². The molecule has 0 unspecified atom stereocenters. The van der Waals surface area contributed by atoms with Crippen molar-refractivity contribution in [3.05, 3.63) is 59.0 Å². The minimum absolute atomic E-state index is 0.207. The highest BCUT2D eigenvalue weighted by Crippen LogP contribution is 2.25. The Morgan fingerprint density at radius 3 is 2.36 bits per heavy atom. The first kappa shape index (κ1) is 16.9. The third kappa shape index (κ3) is 3.44. The van der Waals surface area contributed by atoms with E-state index in [-0.39, 0.29) is 11.3 Å². The number of rotatable bonds is 4. The lowest BCUT2D eigenvalue weighted by Crippen LogP contribution is -2.13. The molecule has 0 atom stereocenters. The van der Waals surface area contributed by atoms with E-state index in [0.29, 0.717) is 16.3 Å². The van der Waals surface area contributed by atoms with E-state index in [4.69, 9.17) is 0 Å². The van der Waals surface area contributed by atoms with Gasteiger partial charge < -0.3 is 5.32 Å². The SMILES string of the molecule is Cc1ccc(NC(=O)c2cc3nc(C(F)F)cc(C(F)F)n3n2)cc1. The van der Waals surface area contributed by atoms with Crippen LogP contribution in [0.4, 0.5) is 23.2 Å². The third-order valence-electron chi connectivity index (χ3n) is 3.46. The summed E-state index contributed by atoms with van der Waals surface area (Å²) in [4.78, 5) is 15.8. The minimum Gasteiger partial charge on any atom is -0.321 e. The average Bonchev–Trinajstić information content (AvgIpc) is 2.99. The van der Waals surface area contributed by atoms with E-state index < -0.39 is 30.1 Å². The van der Waals surface area contributed by atoms with E-state index in [1.807, 2.05) is 6.92 Å². The molecule has 0 aliphatic carbocycles. The van der Waals surface area contributed by atoms with Crippen LogP contribution >= 0.6 is 0 Å². The number of alkyl halides is 4. The molecular formula is C16H12F4N4O. The highest BCUT2D eigenvalue weighted by Gasteiger charge is 2.22. The Hall–Kier alpha value is -2.97. The molecule has 25 heavy (non-hydrogen) atoms. The number of halogens is 4. The predicted octanol–water partition coefficient (Wildman–Crippen LogP) is 4.17. The van der Waals surface area contributed by atoms with E-state index in [0.717, 1.165) is 11.6 Å². The lowest BCUT2D eigenvalue weighted by Gasteiger charge is -2.06. The molecule has 0 saturated heterocycles. The lowest BCUT2D eigenvalue weighted by molar-refractivity contribution is 0.102. The number of hydrogen-bond acceptors (Lipinski definition) is 3. The van der Waals surface area contributed by atoms with Gasteiger partial charge in [-0.05, 0) is 25.1 Å². The number of carbonyl (C=O) groups excluding carboxylic acids is 1. The van der Waals surface area contributed by atoms with Gasteiger partial charge in [0, 0.05) is 11.8 Å². The van der Waals surface area contributed by atoms with Gasteiger partial charge in [-0.2, -0.15) is 5.10 Å². The Bertz CT molecular complexity index is 922. The van der Waals surface area contributed by atoms with E-state index in [9.17, 15) is 22.4 Å². The second-order valence-electron chi connectivity index (χ2n) is 5.33. The van der Waals surface area contributed by atoms with Gasteiger partial charge in [0.25, 0.3) is 18.8 Å². The summed E-state index contributed by atoms with van der Waals surface area (Å²) < 4.78 is 52.5. The summed E-state index contributed by atoms with van der Waals surface area (Å²) in [7, 11) is 0. The highest BCUT2D eigenvalue weighted by molar-refractivity contribution is 6.03. The van der Waals surface area contributed by atoms with Gasteiger partial charge in [-0.15, -0.1) is 0 Å². The van der Waals surface area contributed by atoms with Crippen molar-refractivity contribution in [1.29, 1.82) is 0 Å². The van der Waals surface area contributed by atoms with Gasteiger partial charge >= 0.3 is 0 Å². The van der Waals surface area contributed by atoms with Crippen LogP contribution in [0.25, 0.3) is 5.65 Å². The van der Waals surface area contributed by atoms with Crippen LogP contribution in [-0.4, -0.2) is 20.5 Å². The van der Waals surface area contributed by atoms with Crippen molar-refractivity contribution in [1.82, 2.24) is 14.6 Å². The van der Waals surface area contributed by atoms with Gasteiger partial charge in [-0.1, -0.05) is 17.7 Å². The topological polar surface area (TPSA) is 59.3 Å². The second-order valence-corrected chi connectivity index (χ2v) is 5.33. The molecule has 1 N–H and O–H groups in total. The van der Waals surface area contributed by atoms with Crippen LogP contribution in [0.15, 0.2) is 36.4 Å². The smallest absolute Gasteiger partial charge is 0.280 e. The molecule has 2 aromatic heterocycles. The quantitative estimate of drug-likeness (QED) is 0.717. The summed E-state index contributed by atoms with van der Waals surface area (Å²) in [6.07, 6.45) is -6.06. The van der Waals surface area contributed by atoms with Crippen molar-refractivity contribution in [2.24, 2.45) is 0 Å². The molecule has 0 radical (unpaired) electrons. The normalized spacial score (nSPS) is 11.5. The van der Waals surface area contributed by atoms with Crippen molar-refractivity contribution in [3.8, 4) is 0 Å².